The maximum atomic E-state index is 11.8. The number of nitrogens with zero attached hydrogens (tertiary/aromatic N) is 4. The largest absolute Gasteiger partial charge is 0.477 e. The fraction of sp³-hybridized carbons (Fsp3) is 0.455. The van der Waals surface area contributed by atoms with E-state index < -0.39 is 12.0 Å². The van der Waals surface area contributed by atoms with Crippen LogP contribution in [0.15, 0.2) is 22.8 Å². The van der Waals surface area contributed by atoms with Crippen LogP contribution in [-0.4, -0.2) is 59.6 Å². The molecule has 1 aromatic heterocycles. The Hall–Kier alpha value is -1.52. The molecule has 1 aromatic rings. The van der Waals surface area contributed by atoms with Crippen LogP contribution in [0.25, 0.3) is 0 Å². The van der Waals surface area contributed by atoms with Gasteiger partial charge < -0.3 is 10.8 Å². The van der Waals surface area contributed by atoms with Crippen molar-refractivity contribution in [1.82, 2.24) is 19.7 Å². The lowest BCUT2D eigenvalue weighted by Gasteiger charge is -2.48. The van der Waals surface area contributed by atoms with E-state index in [0.717, 1.165) is 0 Å². The Morgan fingerprint density at radius 2 is 2.43 bits per heavy atom. The van der Waals surface area contributed by atoms with Gasteiger partial charge in [0.2, 0.25) is 5.91 Å². The number of rotatable bonds is 4. The van der Waals surface area contributed by atoms with Crippen molar-refractivity contribution >= 4 is 35.4 Å². The molecule has 3 rings (SSSR count). The number of carbonyl (C=O) groups is 2. The summed E-state index contributed by atoms with van der Waals surface area (Å²) in [6.07, 6.45) is 1.44. The summed E-state index contributed by atoms with van der Waals surface area (Å²) in [7, 11) is 1.77. The van der Waals surface area contributed by atoms with Gasteiger partial charge in [0.1, 0.15) is 23.4 Å². The third kappa shape index (κ3) is 2.32. The second kappa shape index (κ2) is 5.35. The van der Waals surface area contributed by atoms with Gasteiger partial charge in [-0.15, -0.1) is 11.8 Å². The van der Waals surface area contributed by atoms with Crippen LogP contribution in [0.1, 0.15) is 0 Å². The molecule has 0 aliphatic carbocycles. The van der Waals surface area contributed by atoms with E-state index in [0.29, 0.717) is 22.2 Å². The number of nitrogens with two attached hydrogens (primary N) is 1. The SMILES string of the molecule is Cn1ncnc1SCC1=C(C(=O)O)N2C(=O)C(N)[C@H]2SC1. The lowest BCUT2D eigenvalue weighted by Crippen LogP contribution is -2.68. The molecule has 1 unspecified atom stereocenters. The van der Waals surface area contributed by atoms with Gasteiger partial charge in [-0.3, -0.25) is 9.69 Å². The average Bonchev–Trinajstić information content (AvgIpc) is 2.88. The quantitative estimate of drug-likeness (QED) is 0.561. The molecule has 1 fully saturated rings. The molecule has 21 heavy (non-hydrogen) atoms. The molecule has 112 valence electrons. The third-order valence-corrected chi connectivity index (χ3v) is 5.82. The summed E-state index contributed by atoms with van der Waals surface area (Å²) in [6.45, 7) is 0. The first kappa shape index (κ1) is 14.4. The summed E-state index contributed by atoms with van der Waals surface area (Å²) in [5.41, 5.74) is 6.48. The molecular formula is C11H13N5O3S2. The fourth-order valence-corrected chi connectivity index (χ4v) is 4.58. The van der Waals surface area contributed by atoms with Crippen LogP contribution in [0.4, 0.5) is 0 Å². The molecule has 0 spiro atoms. The molecule has 0 saturated carbocycles. The number of amides is 1. The number of aryl methyl sites for hydroxylation is 1. The van der Waals surface area contributed by atoms with Crippen LogP contribution in [0.3, 0.4) is 0 Å². The first-order chi connectivity index (χ1) is 10.0. The summed E-state index contributed by atoms with van der Waals surface area (Å²) in [5, 5.41) is 13.8. The van der Waals surface area contributed by atoms with E-state index in [1.54, 1.807) is 11.7 Å². The highest BCUT2D eigenvalue weighted by molar-refractivity contribution is 8.01. The number of carboxylic acid groups (broad SMARTS) is 1. The molecule has 3 N–H and O–H groups in total. The number of aromatic nitrogens is 3. The van der Waals surface area contributed by atoms with Crippen LogP contribution in [-0.2, 0) is 16.6 Å². The summed E-state index contributed by atoms with van der Waals surface area (Å²) >= 11 is 2.89. The summed E-state index contributed by atoms with van der Waals surface area (Å²) in [5.74, 6) is -0.415. The Morgan fingerprint density at radius 3 is 3.05 bits per heavy atom. The normalized spacial score (nSPS) is 24.9. The number of aliphatic carboxylic acids is 1. The van der Waals surface area contributed by atoms with E-state index in [9.17, 15) is 14.7 Å². The van der Waals surface area contributed by atoms with E-state index in [4.69, 9.17) is 5.73 Å². The predicted octanol–water partition coefficient (Wildman–Crippen LogP) is -0.512. The molecule has 2 aliphatic heterocycles. The first-order valence-corrected chi connectivity index (χ1v) is 8.16. The Labute approximate surface area is 128 Å². The zero-order valence-electron chi connectivity index (χ0n) is 11.1. The van der Waals surface area contributed by atoms with Crippen molar-refractivity contribution in [2.45, 2.75) is 16.6 Å². The Kier molecular flexibility index (Phi) is 3.68. The van der Waals surface area contributed by atoms with Gasteiger partial charge in [-0.25, -0.2) is 14.5 Å². The molecule has 0 radical (unpaired) electrons. The van der Waals surface area contributed by atoms with Gasteiger partial charge in [0.15, 0.2) is 5.16 Å². The molecule has 1 amide bonds. The molecule has 1 saturated heterocycles. The minimum atomic E-state index is -1.09. The summed E-state index contributed by atoms with van der Waals surface area (Å²) in [4.78, 5) is 28.7. The average molecular weight is 327 g/mol. The van der Waals surface area contributed by atoms with Gasteiger partial charge in [-0.05, 0) is 5.57 Å². The molecule has 8 nitrogen and oxygen atoms in total. The van der Waals surface area contributed by atoms with Crippen molar-refractivity contribution in [2.75, 3.05) is 11.5 Å². The monoisotopic (exact) mass is 327 g/mol. The van der Waals surface area contributed by atoms with Crippen LogP contribution >= 0.6 is 23.5 Å². The van der Waals surface area contributed by atoms with Gasteiger partial charge in [0.25, 0.3) is 0 Å². The second-order valence-electron chi connectivity index (χ2n) is 4.65. The Morgan fingerprint density at radius 1 is 1.67 bits per heavy atom. The van der Waals surface area contributed by atoms with Crippen molar-refractivity contribution in [3.05, 3.63) is 17.6 Å². The molecule has 0 aromatic carbocycles. The predicted molar refractivity (Wildman–Crippen MR) is 77.5 cm³/mol. The van der Waals surface area contributed by atoms with E-state index >= 15 is 0 Å². The summed E-state index contributed by atoms with van der Waals surface area (Å²) in [6, 6.07) is -0.600. The van der Waals surface area contributed by atoms with E-state index in [-0.39, 0.29) is 17.0 Å². The lowest BCUT2D eigenvalue weighted by atomic mass is 10.0. The molecule has 2 atom stereocenters. The molecule has 10 heteroatoms. The standard InChI is InChI=1S/C11H13N5O3S2/c1-15-11(13-4-14-15)21-3-5-2-20-9-6(12)8(17)16(9)7(5)10(18)19/h4,6,9H,2-3,12H2,1H3,(H,18,19)/t6?,9-/m1/s1. The van der Waals surface area contributed by atoms with E-state index in [1.807, 2.05) is 0 Å². The van der Waals surface area contributed by atoms with Crippen molar-refractivity contribution in [3.63, 3.8) is 0 Å². The molecular weight excluding hydrogens is 314 g/mol. The maximum Gasteiger partial charge on any atom is 0.352 e. The molecule has 2 aliphatic rings. The fourth-order valence-electron chi connectivity index (χ4n) is 2.26. The molecule has 3 heterocycles. The van der Waals surface area contributed by atoms with Gasteiger partial charge in [-0.1, -0.05) is 11.8 Å². The van der Waals surface area contributed by atoms with E-state index in [2.05, 4.69) is 10.1 Å². The van der Waals surface area contributed by atoms with Crippen molar-refractivity contribution < 1.29 is 14.7 Å². The van der Waals surface area contributed by atoms with Crippen LogP contribution in [0.2, 0.25) is 0 Å². The number of thioether (sulfide) groups is 2. The number of β-lactam (4-membered cyclic amide) rings is 1. The smallest absolute Gasteiger partial charge is 0.352 e. The maximum absolute atomic E-state index is 11.8. The molecule has 0 bridgehead atoms. The van der Waals surface area contributed by atoms with Gasteiger partial charge in [0, 0.05) is 18.6 Å². The van der Waals surface area contributed by atoms with Gasteiger partial charge in [0.05, 0.1) is 0 Å². The van der Waals surface area contributed by atoms with Crippen LogP contribution in [0, 0.1) is 0 Å². The van der Waals surface area contributed by atoms with Crippen molar-refractivity contribution in [2.24, 2.45) is 12.8 Å². The van der Waals surface area contributed by atoms with Crippen LogP contribution < -0.4 is 5.73 Å². The number of carboxylic acids is 1. The number of carbonyl (C=O) groups excluding carboxylic acids is 1. The highest BCUT2D eigenvalue weighted by atomic mass is 32.2. The minimum absolute atomic E-state index is 0.0696. The first-order valence-electron chi connectivity index (χ1n) is 6.13. The topological polar surface area (TPSA) is 114 Å². The summed E-state index contributed by atoms with van der Waals surface area (Å²) < 4.78 is 1.62. The minimum Gasteiger partial charge on any atom is -0.477 e. The number of hydrogen-bond acceptors (Lipinski definition) is 7. The van der Waals surface area contributed by atoms with Crippen molar-refractivity contribution in [3.8, 4) is 0 Å². The number of fused-ring (bicyclic) bond motifs is 1. The van der Waals surface area contributed by atoms with Gasteiger partial charge in [-0.2, -0.15) is 5.10 Å². The highest BCUT2D eigenvalue weighted by Gasteiger charge is 2.51. The second-order valence-corrected chi connectivity index (χ2v) is 6.70. The third-order valence-electron chi connectivity index (χ3n) is 3.34. The van der Waals surface area contributed by atoms with Crippen molar-refractivity contribution in [1.29, 1.82) is 0 Å². The Bertz CT molecular complexity index is 644. The Balaban J connectivity index is 1.83. The lowest BCUT2D eigenvalue weighted by molar-refractivity contribution is -0.147. The zero-order valence-corrected chi connectivity index (χ0v) is 12.7. The van der Waals surface area contributed by atoms with E-state index in [1.165, 1.54) is 34.8 Å². The zero-order chi connectivity index (χ0) is 15.1. The van der Waals surface area contributed by atoms with Gasteiger partial charge >= 0.3 is 5.97 Å². The number of hydrogen-bond donors (Lipinski definition) is 2. The van der Waals surface area contributed by atoms with Crippen LogP contribution in [0.5, 0.6) is 0 Å². The highest BCUT2D eigenvalue weighted by Crippen LogP contribution is 2.40.